The van der Waals surface area contributed by atoms with Gasteiger partial charge in [-0.05, 0) is 66.7 Å². The minimum absolute atomic E-state index is 0.0125. The maximum absolute atomic E-state index is 13.2. The maximum atomic E-state index is 13.2. The molecule has 8 heteroatoms. The van der Waals surface area contributed by atoms with Gasteiger partial charge in [-0.15, -0.1) is 0 Å². The predicted octanol–water partition coefficient (Wildman–Crippen LogP) is 1.98. The van der Waals surface area contributed by atoms with Crippen molar-refractivity contribution in [3.8, 4) is 5.69 Å². The van der Waals surface area contributed by atoms with E-state index in [0.29, 0.717) is 17.1 Å². The molecule has 1 aliphatic rings. The summed E-state index contributed by atoms with van der Waals surface area (Å²) in [6.07, 6.45) is 3.16. The van der Waals surface area contributed by atoms with E-state index in [1.165, 1.54) is 23.1 Å². The standard InChI is InChI=1S/C23H17N3O4S/c1-14-6-2-3-10-19(14)26-21(28)18(20(27)24-23(26)31)13-17-9-5-11-25(17)16-8-4-7-15(12-16)22(29)30/h2-13H,1H3,(H,29,30)(H,24,27,31)/p-1/b18-13+. The quantitative estimate of drug-likeness (QED) is 0.388. The Morgan fingerprint density at radius 1 is 1.06 bits per heavy atom. The highest BCUT2D eigenvalue weighted by Crippen LogP contribution is 2.25. The lowest BCUT2D eigenvalue weighted by Gasteiger charge is -2.30. The number of carboxylic acid groups (broad SMARTS) is 1. The van der Waals surface area contributed by atoms with E-state index >= 15 is 0 Å². The Hall–Kier alpha value is -4.04. The summed E-state index contributed by atoms with van der Waals surface area (Å²) in [4.78, 5) is 38.3. The summed E-state index contributed by atoms with van der Waals surface area (Å²) in [5.74, 6) is -2.44. The second-order valence-corrected chi connectivity index (χ2v) is 7.27. The van der Waals surface area contributed by atoms with Crippen LogP contribution in [0.4, 0.5) is 5.69 Å². The van der Waals surface area contributed by atoms with Crippen LogP contribution in [0.25, 0.3) is 11.8 Å². The van der Waals surface area contributed by atoms with Crippen LogP contribution in [0.5, 0.6) is 0 Å². The first-order valence-corrected chi connectivity index (χ1v) is 9.74. The van der Waals surface area contributed by atoms with Crippen molar-refractivity contribution in [2.24, 2.45) is 0 Å². The van der Waals surface area contributed by atoms with E-state index in [1.807, 2.05) is 19.1 Å². The SMILES string of the molecule is Cc1ccccc1N1C(=O)/C(=C/c2cccn2-c2cccc(C(=O)[O-])c2)C(=O)NC1=S. The Labute approximate surface area is 183 Å². The van der Waals surface area contributed by atoms with Gasteiger partial charge in [-0.1, -0.05) is 30.3 Å². The molecule has 1 fully saturated rings. The number of aromatic carboxylic acids is 1. The molecule has 7 nitrogen and oxygen atoms in total. The first-order valence-electron chi connectivity index (χ1n) is 9.33. The normalized spacial score (nSPS) is 15.3. The van der Waals surface area contributed by atoms with Crippen molar-refractivity contribution in [2.45, 2.75) is 6.92 Å². The van der Waals surface area contributed by atoms with Gasteiger partial charge in [-0.25, -0.2) is 0 Å². The van der Waals surface area contributed by atoms with E-state index in [1.54, 1.807) is 47.2 Å². The largest absolute Gasteiger partial charge is 0.545 e. The van der Waals surface area contributed by atoms with Gasteiger partial charge in [0.25, 0.3) is 11.8 Å². The van der Waals surface area contributed by atoms with Gasteiger partial charge in [-0.3, -0.25) is 19.8 Å². The topological polar surface area (TPSA) is 94.5 Å². The number of hydrogen-bond acceptors (Lipinski definition) is 5. The molecule has 1 saturated heterocycles. The highest BCUT2D eigenvalue weighted by molar-refractivity contribution is 7.80. The molecule has 0 radical (unpaired) electrons. The molecular weight excluding hydrogens is 414 g/mol. The van der Waals surface area contributed by atoms with Crippen LogP contribution in [0.3, 0.4) is 0 Å². The third-order valence-corrected chi connectivity index (χ3v) is 5.18. The van der Waals surface area contributed by atoms with Gasteiger partial charge in [-0.2, -0.15) is 0 Å². The van der Waals surface area contributed by atoms with Crippen LogP contribution in [0.2, 0.25) is 0 Å². The van der Waals surface area contributed by atoms with E-state index in [0.717, 1.165) is 5.56 Å². The molecule has 1 N–H and O–H groups in total. The smallest absolute Gasteiger partial charge is 0.270 e. The minimum Gasteiger partial charge on any atom is -0.545 e. The first-order chi connectivity index (χ1) is 14.9. The van der Waals surface area contributed by atoms with E-state index in [2.05, 4.69) is 5.32 Å². The Balaban J connectivity index is 1.77. The van der Waals surface area contributed by atoms with E-state index in [9.17, 15) is 19.5 Å². The Bertz CT molecular complexity index is 1280. The van der Waals surface area contributed by atoms with Crippen molar-refractivity contribution in [1.82, 2.24) is 9.88 Å². The molecule has 0 atom stereocenters. The number of para-hydroxylation sites is 1. The van der Waals surface area contributed by atoms with E-state index in [4.69, 9.17) is 12.2 Å². The number of anilines is 1. The molecule has 31 heavy (non-hydrogen) atoms. The summed E-state index contributed by atoms with van der Waals surface area (Å²) in [6, 6.07) is 16.9. The van der Waals surface area contributed by atoms with Crippen molar-refractivity contribution in [1.29, 1.82) is 0 Å². The summed E-state index contributed by atoms with van der Waals surface area (Å²) >= 11 is 5.24. The molecule has 1 aliphatic heterocycles. The molecule has 2 heterocycles. The summed E-state index contributed by atoms with van der Waals surface area (Å²) in [5, 5.41) is 13.8. The van der Waals surface area contributed by atoms with Crippen molar-refractivity contribution in [3.05, 3.63) is 89.3 Å². The molecule has 0 aliphatic carbocycles. The predicted molar refractivity (Wildman–Crippen MR) is 117 cm³/mol. The molecule has 0 bridgehead atoms. The van der Waals surface area contributed by atoms with Gasteiger partial charge >= 0.3 is 0 Å². The van der Waals surface area contributed by atoms with Crippen LogP contribution in [0, 0.1) is 6.92 Å². The molecular formula is C23H16N3O4S-. The summed E-state index contributed by atoms with van der Waals surface area (Å²) in [6.45, 7) is 1.85. The summed E-state index contributed by atoms with van der Waals surface area (Å²) < 4.78 is 1.67. The molecule has 0 spiro atoms. The van der Waals surface area contributed by atoms with Crippen LogP contribution in [-0.2, 0) is 9.59 Å². The third kappa shape index (κ3) is 3.76. The molecule has 4 rings (SSSR count). The number of carbonyl (C=O) groups excluding carboxylic acids is 3. The number of aromatic nitrogens is 1. The van der Waals surface area contributed by atoms with Crippen molar-refractivity contribution >= 4 is 46.9 Å². The third-order valence-electron chi connectivity index (χ3n) is 4.89. The molecule has 3 aromatic rings. The number of carbonyl (C=O) groups is 3. The Morgan fingerprint density at radius 3 is 2.58 bits per heavy atom. The van der Waals surface area contributed by atoms with Gasteiger partial charge in [0.05, 0.1) is 11.7 Å². The molecule has 2 amide bonds. The van der Waals surface area contributed by atoms with Crippen molar-refractivity contribution in [3.63, 3.8) is 0 Å². The number of carboxylic acids is 1. The zero-order valence-corrected chi connectivity index (χ0v) is 17.2. The lowest BCUT2D eigenvalue weighted by Crippen LogP contribution is -2.54. The van der Waals surface area contributed by atoms with Crippen LogP contribution in [0.15, 0.2) is 72.4 Å². The van der Waals surface area contributed by atoms with Gasteiger partial charge < -0.3 is 14.5 Å². The molecule has 2 aromatic carbocycles. The van der Waals surface area contributed by atoms with Crippen LogP contribution in [0.1, 0.15) is 21.6 Å². The Morgan fingerprint density at radius 2 is 1.84 bits per heavy atom. The molecule has 154 valence electrons. The van der Waals surface area contributed by atoms with E-state index < -0.39 is 17.8 Å². The van der Waals surface area contributed by atoms with E-state index in [-0.39, 0.29) is 16.2 Å². The fourth-order valence-corrected chi connectivity index (χ4v) is 3.64. The van der Waals surface area contributed by atoms with Crippen LogP contribution in [-0.4, -0.2) is 27.5 Å². The molecule has 0 saturated carbocycles. The second kappa shape index (κ2) is 8.00. The number of thiocarbonyl (C=S) groups is 1. The van der Waals surface area contributed by atoms with Crippen LogP contribution < -0.4 is 15.3 Å². The van der Waals surface area contributed by atoms with Crippen LogP contribution >= 0.6 is 12.2 Å². The Kier molecular flexibility index (Phi) is 5.22. The van der Waals surface area contributed by atoms with Gasteiger partial charge in [0, 0.05) is 17.6 Å². The average Bonchev–Trinajstić information content (AvgIpc) is 3.21. The minimum atomic E-state index is -1.29. The highest BCUT2D eigenvalue weighted by atomic mass is 32.1. The number of hydrogen-bond donors (Lipinski definition) is 1. The van der Waals surface area contributed by atoms with Crippen molar-refractivity contribution in [2.75, 3.05) is 4.90 Å². The fourth-order valence-electron chi connectivity index (χ4n) is 3.37. The monoisotopic (exact) mass is 430 g/mol. The zero-order chi connectivity index (χ0) is 22.1. The number of aryl methyl sites for hydroxylation is 1. The number of nitrogens with one attached hydrogen (secondary N) is 1. The maximum Gasteiger partial charge on any atom is 0.270 e. The number of benzene rings is 2. The highest BCUT2D eigenvalue weighted by Gasteiger charge is 2.35. The average molecular weight is 430 g/mol. The molecule has 1 aromatic heterocycles. The summed E-state index contributed by atoms with van der Waals surface area (Å²) in [5.41, 5.74) is 2.41. The van der Waals surface area contributed by atoms with Gasteiger partial charge in [0.1, 0.15) is 5.57 Å². The zero-order valence-electron chi connectivity index (χ0n) is 16.4. The number of rotatable bonds is 4. The fraction of sp³-hybridized carbons (Fsp3) is 0.0435. The van der Waals surface area contributed by atoms with Gasteiger partial charge in [0.15, 0.2) is 5.11 Å². The van der Waals surface area contributed by atoms with Gasteiger partial charge in [0.2, 0.25) is 0 Å². The van der Waals surface area contributed by atoms with Crippen molar-refractivity contribution < 1.29 is 19.5 Å². The first kappa shape index (κ1) is 20.2. The number of amides is 2. The lowest BCUT2D eigenvalue weighted by molar-refractivity contribution is -0.255. The summed E-state index contributed by atoms with van der Waals surface area (Å²) in [7, 11) is 0. The number of nitrogens with zero attached hydrogens (tertiary/aromatic N) is 2. The second-order valence-electron chi connectivity index (χ2n) is 6.89. The lowest BCUT2D eigenvalue weighted by atomic mass is 10.1. The molecule has 0 unspecified atom stereocenters.